The minimum Gasteiger partial charge on any atom is -0.373 e. The Kier molecular flexibility index (Phi) is 5.94. The van der Waals surface area contributed by atoms with E-state index in [2.05, 4.69) is 15.0 Å². The molecule has 0 spiro atoms. The maximum atomic E-state index is 13.3. The summed E-state index contributed by atoms with van der Waals surface area (Å²) in [6.45, 7) is 4.05. The van der Waals surface area contributed by atoms with Crippen LogP contribution in [0.5, 0.6) is 0 Å². The molecular weight excluding hydrogens is 378 g/mol. The largest absolute Gasteiger partial charge is 0.373 e. The van der Waals surface area contributed by atoms with E-state index >= 15 is 0 Å². The first-order valence-electron chi connectivity index (χ1n) is 9.87. The van der Waals surface area contributed by atoms with Crippen molar-refractivity contribution in [3.05, 3.63) is 47.0 Å². The highest BCUT2D eigenvalue weighted by Gasteiger charge is 2.38. The van der Waals surface area contributed by atoms with Gasteiger partial charge in [0.05, 0.1) is 30.0 Å². The molecule has 2 atom stereocenters. The van der Waals surface area contributed by atoms with E-state index < -0.39 is 0 Å². The molecule has 8 heteroatoms. The summed E-state index contributed by atoms with van der Waals surface area (Å²) >= 11 is 5.94. The molecule has 0 bridgehead atoms. The van der Waals surface area contributed by atoms with Crippen molar-refractivity contribution >= 4 is 17.5 Å². The Morgan fingerprint density at radius 1 is 1.21 bits per heavy atom. The number of aromatic nitrogens is 3. The molecule has 2 aliphatic rings. The van der Waals surface area contributed by atoms with E-state index in [9.17, 15) is 4.79 Å². The van der Waals surface area contributed by atoms with Gasteiger partial charge in [-0.15, -0.1) is 0 Å². The average molecular weight is 404 g/mol. The van der Waals surface area contributed by atoms with Crippen molar-refractivity contribution < 1.29 is 9.53 Å². The lowest BCUT2D eigenvalue weighted by molar-refractivity contribution is -0.0743. The molecule has 4 rings (SSSR count). The van der Waals surface area contributed by atoms with Gasteiger partial charge in [-0.3, -0.25) is 9.48 Å². The van der Waals surface area contributed by atoms with Crippen LogP contribution in [0.25, 0.3) is 0 Å². The first-order valence-corrected chi connectivity index (χ1v) is 10.2. The predicted octanol–water partition coefficient (Wildman–Crippen LogP) is 2.54. The molecular formula is C20H26ClN5O2. The summed E-state index contributed by atoms with van der Waals surface area (Å²) in [7, 11) is 1.89. The van der Waals surface area contributed by atoms with Gasteiger partial charge >= 0.3 is 0 Å². The Hall–Kier alpha value is -1.96. The number of halogens is 1. The quantitative estimate of drug-likeness (QED) is 0.785. The smallest absolute Gasteiger partial charge is 0.273 e. The van der Waals surface area contributed by atoms with Gasteiger partial charge in [-0.2, -0.15) is 5.10 Å². The summed E-state index contributed by atoms with van der Waals surface area (Å²) in [6, 6.07) is 3.20. The Balaban J connectivity index is 1.61. The third kappa shape index (κ3) is 4.21. The van der Waals surface area contributed by atoms with Crippen LogP contribution in [0.4, 0.5) is 0 Å². The number of ether oxygens (including phenoxy) is 1. The highest BCUT2D eigenvalue weighted by Crippen LogP contribution is 2.31. The van der Waals surface area contributed by atoms with Gasteiger partial charge in [0.2, 0.25) is 0 Å². The Labute approximate surface area is 170 Å². The first-order chi connectivity index (χ1) is 13.6. The molecule has 1 amide bonds. The first kappa shape index (κ1) is 19.4. The molecule has 2 saturated heterocycles. The van der Waals surface area contributed by atoms with Gasteiger partial charge in [0.1, 0.15) is 5.69 Å². The number of carbonyl (C=O) groups excluding carboxylic acids is 1. The number of piperidine rings is 1. The molecule has 0 unspecified atom stereocenters. The summed E-state index contributed by atoms with van der Waals surface area (Å²) in [5.74, 6) is -0.0996. The SMILES string of the molecule is Cn1cc([C@H]2[C@H](CN3CCCCC3)OCCN2C(=O)c2ccc(Cl)cn2)cn1. The fourth-order valence-corrected chi connectivity index (χ4v) is 4.26. The standard InChI is InChI=1S/C20H26ClN5O2/c1-24-13-15(11-23-24)19-18(14-25-7-3-2-4-8-25)28-10-9-26(19)20(27)17-6-5-16(21)12-22-17/h5-6,11-13,18-19H,2-4,7-10,14H2,1H3/t18-,19-/m0/s1. The molecule has 0 saturated carbocycles. The van der Waals surface area contributed by atoms with Crippen LogP contribution in [-0.4, -0.2) is 69.4 Å². The number of morpholine rings is 1. The van der Waals surface area contributed by atoms with Crippen molar-refractivity contribution in [2.24, 2.45) is 7.05 Å². The number of hydrogen-bond acceptors (Lipinski definition) is 5. The fraction of sp³-hybridized carbons (Fsp3) is 0.550. The molecule has 4 heterocycles. The average Bonchev–Trinajstić information content (AvgIpc) is 3.14. The molecule has 2 aliphatic heterocycles. The van der Waals surface area contributed by atoms with E-state index in [1.54, 1.807) is 16.8 Å². The van der Waals surface area contributed by atoms with Crippen LogP contribution in [0.1, 0.15) is 41.4 Å². The van der Waals surface area contributed by atoms with E-state index in [1.165, 1.54) is 25.5 Å². The lowest BCUT2D eigenvalue weighted by Gasteiger charge is -2.43. The number of hydrogen-bond donors (Lipinski definition) is 0. The van der Waals surface area contributed by atoms with Crippen LogP contribution in [0.2, 0.25) is 5.02 Å². The van der Waals surface area contributed by atoms with Gasteiger partial charge in [-0.25, -0.2) is 4.98 Å². The molecule has 2 fully saturated rings. The molecule has 0 aliphatic carbocycles. The highest BCUT2D eigenvalue weighted by atomic mass is 35.5. The second-order valence-electron chi connectivity index (χ2n) is 7.52. The normalized spacial score (nSPS) is 23.7. The number of carbonyl (C=O) groups is 1. The van der Waals surface area contributed by atoms with Gasteiger partial charge < -0.3 is 14.5 Å². The second-order valence-corrected chi connectivity index (χ2v) is 7.96. The zero-order valence-corrected chi connectivity index (χ0v) is 16.9. The number of pyridine rings is 1. The Morgan fingerprint density at radius 3 is 2.71 bits per heavy atom. The topological polar surface area (TPSA) is 63.5 Å². The van der Waals surface area contributed by atoms with Crippen molar-refractivity contribution in [3.8, 4) is 0 Å². The number of amides is 1. The van der Waals surface area contributed by atoms with E-state index in [4.69, 9.17) is 16.3 Å². The molecule has 2 aromatic rings. The predicted molar refractivity (Wildman–Crippen MR) is 106 cm³/mol. The molecule has 0 N–H and O–H groups in total. The van der Waals surface area contributed by atoms with Crippen molar-refractivity contribution in [3.63, 3.8) is 0 Å². The number of nitrogens with zero attached hydrogens (tertiary/aromatic N) is 5. The van der Waals surface area contributed by atoms with Gasteiger partial charge in [0.25, 0.3) is 5.91 Å². The molecule has 0 aromatic carbocycles. The second kappa shape index (κ2) is 8.59. The van der Waals surface area contributed by atoms with Crippen LogP contribution >= 0.6 is 11.6 Å². The van der Waals surface area contributed by atoms with Gasteiger partial charge in [0, 0.05) is 38.1 Å². The number of aryl methyl sites for hydroxylation is 1. The Bertz CT molecular complexity index is 803. The van der Waals surface area contributed by atoms with Crippen LogP contribution in [0.3, 0.4) is 0 Å². The van der Waals surface area contributed by atoms with Crippen molar-refractivity contribution in [2.45, 2.75) is 31.4 Å². The summed E-state index contributed by atoms with van der Waals surface area (Å²) in [4.78, 5) is 21.8. The molecule has 150 valence electrons. The zero-order chi connectivity index (χ0) is 19.5. The molecule has 0 radical (unpaired) electrons. The van der Waals surface area contributed by atoms with E-state index in [0.29, 0.717) is 23.9 Å². The van der Waals surface area contributed by atoms with Crippen LogP contribution in [-0.2, 0) is 11.8 Å². The minimum atomic E-state index is -0.186. The Morgan fingerprint density at radius 2 is 2.04 bits per heavy atom. The summed E-state index contributed by atoms with van der Waals surface area (Å²) in [6.07, 6.45) is 8.97. The van der Waals surface area contributed by atoms with Crippen molar-refractivity contribution in [1.82, 2.24) is 24.6 Å². The number of likely N-dealkylation sites (tertiary alicyclic amines) is 1. The monoisotopic (exact) mass is 403 g/mol. The minimum absolute atomic E-state index is 0.0905. The van der Waals surface area contributed by atoms with Crippen molar-refractivity contribution in [1.29, 1.82) is 0 Å². The van der Waals surface area contributed by atoms with E-state index in [-0.39, 0.29) is 18.1 Å². The summed E-state index contributed by atoms with van der Waals surface area (Å²) in [5.41, 5.74) is 1.39. The molecule has 28 heavy (non-hydrogen) atoms. The van der Waals surface area contributed by atoms with Crippen LogP contribution in [0, 0.1) is 0 Å². The third-order valence-corrected chi connectivity index (χ3v) is 5.74. The van der Waals surface area contributed by atoms with Crippen LogP contribution < -0.4 is 0 Å². The van der Waals surface area contributed by atoms with Gasteiger partial charge in [-0.1, -0.05) is 18.0 Å². The molecule has 7 nitrogen and oxygen atoms in total. The summed E-state index contributed by atoms with van der Waals surface area (Å²) in [5, 5.41) is 4.85. The lowest BCUT2D eigenvalue weighted by atomic mass is 9.99. The summed E-state index contributed by atoms with van der Waals surface area (Å²) < 4.78 is 7.95. The van der Waals surface area contributed by atoms with E-state index in [1.807, 2.05) is 24.3 Å². The van der Waals surface area contributed by atoms with E-state index in [0.717, 1.165) is 25.2 Å². The lowest BCUT2D eigenvalue weighted by Crippen LogP contribution is -2.52. The highest BCUT2D eigenvalue weighted by molar-refractivity contribution is 6.30. The maximum absolute atomic E-state index is 13.3. The van der Waals surface area contributed by atoms with Gasteiger partial charge in [-0.05, 0) is 38.1 Å². The van der Waals surface area contributed by atoms with Crippen molar-refractivity contribution in [2.75, 3.05) is 32.8 Å². The van der Waals surface area contributed by atoms with Crippen LogP contribution in [0.15, 0.2) is 30.7 Å². The number of rotatable bonds is 4. The fourth-order valence-electron chi connectivity index (χ4n) is 4.15. The maximum Gasteiger partial charge on any atom is 0.273 e. The van der Waals surface area contributed by atoms with Gasteiger partial charge in [0.15, 0.2) is 0 Å². The molecule has 2 aromatic heterocycles. The third-order valence-electron chi connectivity index (χ3n) is 5.51. The zero-order valence-electron chi connectivity index (χ0n) is 16.1.